The van der Waals surface area contributed by atoms with E-state index in [1.807, 2.05) is 36.4 Å². The van der Waals surface area contributed by atoms with E-state index in [2.05, 4.69) is 0 Å². The SMILES string of the molecule is O=C([O-])CCN1C(=O)/C(=C/c2ccc(-c3cccc(Cl)c3)s2)SC1=S. The molecule has 1 aliphatic rings. The van der Waals surface area contributed by atoms with Crippen LogP contribution in [0.25, 0.3) is 16.5 Å². The number of hydrogen-bond donors (Lipinski definition) is 0. The highest BCUT2D eigenvalue weighted by molar-refractivity contribution is 8.26. The highest BCUT2D eigenvalue weighted by atomic mass is 35.5. The lowest BCUT2D eigenvalue weighted by molar-refractivity contribution is -0.305. The van der Waals surface area contributed by atoms with Crippen LogP contribution in [0.3, 0.4) is 0 Å². The number of thiocarbonyl (C=S) groups is 1. The Bertz CT molecular complexity index is 891. The van der Waals surface area contributed by atoms with Gasteiger partial charge in [0.25, 0.3) is 5.91 Å². The van der Waals surface area contributed by atoms with Crippen molar-refractivity contribution in [3.05, 3.63) is 51.2 Å². The monoisotopic (exact) mass is 408 g/mol. The molecule has 1 aromatic heterocycles. The van der Waals surface area contributed by atoms with E-state index in [-0.39, 0.29) is 18.9 Å². The first-order valence-corrected chi connectivity index (χ1v) is 9.67. The molecule has 2 heterocycles. The molecule has 0 atom stereocenters. The average molecular weight is 409 g/mol. The molecule has 0 aliphatic carbocycles. The van der Waals surface area contributed by atoms with Crippen LogP contribution in [-0.4, -0.2) is 27.6 Å². The van der Waals surface area contributed by atoms with Gasteiger partial charge < -0.3 is 9.90 Å². The van der Waals surface area contributed by atoms with Crippen molar-refractivity contribution >= 4 is 69.2 Å². The Morgan fingerprint density at radius 2 is 2.12 bits per heavy atom. The normalized spacial score (nSPS) is 16.0. The first-order chi connectivity index (χ1) is 11.9. The van der Waals surface area contributed by atoms with Crippen LogP contribution < -0.4 is 5.11 Å². The zero-order valence-electron chi connectivity index (χ0n) is 12.7. The molecule has 0 radical (unpaired) electrons. The maximum atomic E-state index is 12.4. The second-order valence-electron chi connectivity index (χ2n) is 5.17. The second kappa shape index (κ2) is 7.70. The summed E-state index contributed by atoms with van der Waals surface area (Å²) in [6, 6.07) is 11.5. The third-order valence-corrected chi connectivity index (χ3v) is 6.12. The summed E-state index contributed by atoms with van der Waals surface area (Å²) in [5.41, 5.74) is 1.01. The molecule has 1 aliphatic heterocycles. The molecule has 4 nitrogen and oxygen atoms in total. The molecule has 0 unspecified atom stereocenters. The van der Waals surface area contributed by atoms with Crippen LogP contribution in [0.5, 0.6) is 0 Å². The van der Waals surface area contributed by atoms with Gasteiger partial charge in [-0.05, 0) is 35.9 Å². The van der Waals surface area contributed by atoms with Gasteiger partial charge in [-0.2, -0.15) is 0 Å². The van der Waals surface area contributed by atoms with Crippen LogP contribution in [0.15, 0.2) is 41.3 Å². The molecule has 1 aromatic carbocycles. The van der Waals surface area contributed by atoms with E-state index >= 15 is 0 Å². The average Bonchev–Trinajstić information content (AvgIpc) is 3.12. The standard InChI is InChI=1S/C17H12ClNO3S3/c18-11-3-1-2-10(8-11)13-5-4-12(24-13)9-14-16(22)19(17(23)25-14)7-6-15(20)21/h1-5,8-9H,6-7H2,(H,20,21)/p-1/b14-9-. The first kappa shape index (κ1) is 18.1. The summed E-state index contributed by atoms with van der Waals surface area (Å²) in [5.74, 6) is -1.48. The van der Waals surface area contributed by atoms with E-state index in [1.165, 1.54) is 28.0 Å². The minimum absolute atomic E-state index is 0.0303. The van der Waals surface area contributed by atoms with Gasteiger partial charge >= 0.3 is 0 Å². The second-order valence-corrected chi connectivity index (χ2v) is 8.40. The molecular formula is C17H11ClNO3S3-. The zero-order valence-corrected chi connectivity index (χ0v) is 15.9. The fraction of sp³-hybridized carbons (Fsp3) is 0.118. The van der Waals surface area contributed by atoms with Gasteiger partial charge in [0.1, 0.15) is 4.32 Å². The summed E-state index contributed by atoms with van der Waals surface area (Å²) in [6.07, 6.45) is 1.54. The molecule has 128 valence electrons. The van der Waals surface area contributed by atoms with Crippen molar-refractivity contribution in [2.45, 2.75) is 6.42 Å². The van der Waals surface area contributed by atoms with Crippen LogP contribution in [0.4, 0.5) is 0 Å². The van der Waals surface area contributed by atoms with E-state index in [0.29, 0.717) is 14.2 Å². The summed E-state index contributed by atoms with van der Waals surface area (Å²) in [7, 11) is 0. The molecule has 0 N–H and O–H groups in total. The van der Waals surface area contributed by atoms with E-state index < -0.39 is 5.97 Å². The number of amides is 1. The maximum absolute atomic E-state index is 12.4. The van der Waals surface area contributed by atoms with E-state index in [1.54, 1.807) is 6.08 Å². The number of thioether (sulfide) groups is 1. The molecule has 25 heavy (non-hydrogen) atoms. The summed E-state index contributed by atoms with van der Waals surface area (Å²) in [4.78, 5) is 26.7. The lowest BCUT2D eigenvalue weighted by atomic mass is 10.2. The van der Waals surface area contributed by atoms with Crippen molar-refractivity contribution in [1.82, 2.24) is 4.90 Å². The van der Waals surface area contributed by atoms with Crippen LogP contribution in [0, 0.1) is 0 Å². The molecule has 0 spiro atoms. The van der Waals surface area contributed by atoms with E-state index in [4.69, 9.17) is 23.8 Å². The van der Waals surface area contributed by atoms with Gasteiger partial charge in [-0.25, -0.2) is 0 Å². The number of halogens is 1. The molecular weight excluding hydrogens is 398 g/mol. The lowest BCUT2D eigenvalue weighted by Crippen LogP contribution is -2.33. The van der Waals surface area contributed by atoms with Gasteiger partial charge in [-0.3, -0.25) is 9.69 Å². The third-order valence-electron chi connectivity index (χ3n) is 3.42. The Morgan fingerprint density at radius 3 is 2.84 bits per heavy atom. The first-order valence-electron chi connectivity index (χ1n) is 7.25. The fourth-order valence-corrected chi connectivity index (χ4v) is 4.76. The van der Waals surface area contributed by atoms with Gasteiger partial charge in [0.15, 0.2) is 0 Å². The van der Waals surface area contributed by atoms with Crippen molar-refractivity contribution in [1.29, 1.82) is 0 Å². The van der Waals surface area contributed by atoms with Crippen molar-refractivity contribution in [3.8, 4) is 10.4 Å². The maximum Gasteiger partial charge on any atom is 0.266 e. The topological polar surface area (TPSA) is 60.4 Å². The minimum atomic E-state index is -1.21. The number of carbonyl (C=O) groups is 2. The van der Waals surface area contributed by atoms with Crippen molar-refractivity contribution in [2.24, 2.45) is 0 Å². The Kier molecular flexibility index (Phi) is 5.58. The van der Waals surface area contributed by atoms with Gasteiger partial charge in [-0.1, -0.05) is 47.7 Å². The summed E-state index contributed by atoms with van der Waals surface area (Å²) < 4.78 is 0.365. The molecule has 1 amide bonds. The Hall–Kier alpha value is -1.67. The number of carboxylic acids is 1. The van der Waals surface area contributed by atoms with Crippen LogP contribution in [0.1, 0.15) is 11.3 Å². The Labute approximate surface area is 163 Å². The highest BCUT2D eigenvalue weighted by Crippen LogP contribution is 2.36. The van der Waals surface area contributed by atoms with Crippen molar-refractivity contribution < 1.29 is 14.7 Å². The molecule has 0 bridgehead atoms. The zero-order chi connectivity index (χ0) is 18.0. The number of benzene rings is 1. The van der Waals surface area contributed by atoms with Gasteiger partial charge in [-0.15, -0.1) is 11.3 Å². The molecule has 0 saturated carbocycles. The van der Waals surface area contributed by atoms with E-state index in [0.717, 1.165) is 15.3 Å². The summed E-state index contributed by atoms with van der Waals surface area (Å²) >= 11 is 13.9. The van der Waals surface area contributed by atoms with Gasteiger partial charge in [0.2, 0.25) is 0 Å². The largest absolute Gasteiger partial charge is 0.550 e. The molecule has 8 heteroatoms. The van der Waals surface area contributed by atoms with Gasteiger partial charge in [0, 0.05) is 33.7 Å². The quantitative estimate of drug-likeness (QED) is 0.560. The van der Waals surface area contributed by atoms with Crippen molar-refractivity contribution in [2.75, 3.05) is 6.54 Å². The smallest absolute Gasteiger partial charge is 0.266 e. The van der Waals surface area contributed by atoms with Crippen LogP contribution in [-0.2, 0) is 9.59 Å². The predicted molar refractivity (Wildman–Crippen MR) is 104 cm³/mol. The summed E-state index contributed by atoms with van der Waals surface area (Å²) in [5, 5.41) is 11.2. The number of carbonyl (C=O) groups excluding carboxylic acids is 2. The number of nitrogens with zero attached hydrogens (tertiary/aromatic N) is 1. The highest BCUT2D eigenvalue weighted by Gasteiger charge is 2.31. The number of carboxylic acid groups (broad SMARTS) is 1. The predicted octanol–water partition coefficient (Wildman–Crippen LogP) is 3.41. The molecule has 2 aromatic rings. The minimum Gasteiger partial charge on any atom is -0.550 e. The number of aliphatic carboxylic acids is 1. The molecule has 3 rings (SSSR count). The van der Waals surface area contributed by atoms with Crippen LogP contribution in [0.2, 0.25) is 5.02 Å². The molecule has 1 saturated heterocycles. The lowest BCUT2D eigenvalue weighted by Gasteiger charge is -2.14. The number of rotatable bonds is 5. The van der Waals surface area contributed by atoms with Crippen LogP contribution >= 0.6 is 46.9 Å². The third kappa shape index (κ3) is 4.30. The summed E-state index contributed by atoms with van der Waals surface area (Å²) in [6.45, 7) is 0.0303. The fourth-order valence-electron chi connectivity index (χ4n) is 2.25. The van der Waals surface area contributed by atoms with Gasteiger partial charge in [0.05, 0.1) is 4.91 Å². The Morgan fingerprint density at radius 1 is 1.32 bits per heavy atom. The van der Waals surface area contributed by atoms with Crippen molar-refractivity contribution in [3.63, 3.8) is 0 Å². The Balaban J connectivity index is 1.79. The molecule has 1 fully saturated rings. The number of thiophene rings is 1. The van der Waals surface area contributed by atoms with E-state index in [9.17, 15) is 14.7 Å². The number of hydrogen-bond acceptors (Lipinski definition) is 6.